The van der Waals surface area contributed by atoms with Crippen molar-refractivity contribution in [3.8, 4) is 17.5 Å². The van der Waals surface area contributed by atoms with Gasteiger partial charge in [0.05, 0.1) is 6.04 Å². The second-order valence-electron chi connectivity index (χ2n) is 5.55. The van der Waals surface area contributed by atoms with E-state index in [1.807, 2.05) is 50.5 Å². The number of rotatable bonds is 6. The van der Waals surface area contributed by atoms with Crippen molar-refractivity contribution in [2.45, 2.75) is 6.04 Å². The van der Waals surface area contributed by atoms with Crippen LogP contribution in [0.3, 0.4) is 0 Å². The summed E-state index contributed by atoms with van der Waals surface area (Å²) in [4.78, 5) is 7.68. The molecule has 1 atom stereocenters. The molecule has 122 valence electrons. The molecule has 1 aromatic carbocycles. The van der Waals surface area contributed by atoms with Crippen molar-refractivity contribution >= 4 is 17.2 Å². The molecule has 0 fully saturated rings. The summed E-state index contributed by atoms with van der Waals surface area (Å²) in [6.45, 7) is 0.631. The maximum Gasteiger partial charge on any atom is 0.232 e. The number of hydrogen-bond donors (Lipinski definition) is 1. The molecule has 1 unspecified atom stereocenters. The highest BCUT2D eigenvalue weighted by Crippen LogP contribution is 2.27. The van der Waals surface area contributed by atoms with Crippen LogP contribution in [0.2, 0.25) is 0 Å². The van der Waals surface area contributed by atoms with Crippen molar-refractivity contribution in [2.75, 3.05) is 26.0 Å². The minimum absolute atomic E-state index is 0.196. The number of thiophene rings is 1. The Morgan fingerprint density at radius 1 is 1.25 bits per heavy atom. The molecule has 6 heteroatoms. The number of anilines is 1. The van der Waals surface area contributed by atoms with Gasteiger partial charge in [-0.15, -0.1) is 11.3 Å². The molecular formula is C18H18N4OS. The molecule has 0 saturated heterocycles. The maximum atomic E-state index is 9.32. The summed E-state index contributed by atoms with van der Waals surface area (Å²) in [5, 5.41) is 14.6. The number of oxazole rings is 1. The molecule has 0 bridgehead atoms. The molecule has 5 nitrogen and oxygen atoms in total. The normalized spacial score (nSPS) is 12.1. The maximum absolute atomic E-state index is 9.32. The van der Waals surface area contributed by atoms with Gasteiger partial charge in [-0.25, -0.2) is 0 Å². The summed E-state index contributed by atoms with van der Waals surface area (Å²) in [6.07, 6.45) is 0. The first-order valence-electron chi connectivity index (χ1n) is 7.59. The Kier molecular flexibility index (Phi) is 4.94. The van der Waals surface area contributed by atoms with Gasteiger partial charge in [0.25, 0.3) is 0 Å². The molecule has 2 heterocycles. The molecule has 2 aromatic heterocycles. The fourth-order valence-electron chi connectivity index (χ4n) is 2.43. The van der Waals surface area contributed by atoms with Gasteiger partial charge in [0, 0.05) is 17.0 Å². The highest BCUT2D eigenvalue weighted by atomic mass is 32.1. The number of nitrogens with zero attached hydrogens (tertiary/aromatic N) is 3. The van der Waals surface area contributed by atoms with Gasteiger partial charge in [-0.05, 0) is 37.7 Å². The Morgan fingerprint density at radius 3 is 2.67 bits per heavy atom. The van der Waals surface area contributed by atoms with Crippen molar-refractivity contribution < 1.29 is 4.42 Å². The standard InChI is InChI=1S/C18H18N4OS/c1-22(2)15(16-9-6-10-24-16)12-20-18-14(11-19)21-17(23-18)13-7-4-3-5-8-13/h3-10,15,20H,12H2,1-2H3. The first-order valence-corrected chi connectivity index (χ1v) is 8.47. The predicted octanol–water partition coefficient (Wildman–Crippen LogP) is 3.99. The molecule has 0 aliphatic rings. The van der Waals surface area contributed by atoms with E-state index in [0.29, 0.717) is 18.3 Å². The van der Waals surface area contributed by atoms with E-state index >= 15 is 0 Å². The van der Waals surface area contributed by atoms with Crippen molar-refractivity contribution in [3.05, 3.63) is 58.4 Å². The van der Waals surface area contributed by atoms with Gasteiger partial charge < -0.3 is 14.6 Å². The second kappa shape index (κ2) is 7.30. The van der Waals surface area contributed by atoms with Crippen LogP contribution in [0.1, 0.15) is 16.6 Å². The number of nitriles is 1. The molecule has 0 aliphatic carbocycles. The zero-order valence-corrected chi connectivity index (χ0v) is 14.4. The Hall–Kier alpha value is -2.62. The number of nitrogens with one attached hydrogen (secondary N) is 1. The van der Waals surface area contributed by atoms with Crippen molar-refractivity contribution in [1.29, 1.82) is 5.26 Å². The third-order valence-corrected chi connectivity index (χ3v) is 4.68. The first kappa shape index (κ1) is 16.2. The van der Waals surface area contributed by atoms with Gasteiger partial charge in [0.2, 0.25) is 17.5 Å². The second-order valence-corrected chi connectivity index (χ2v) is 6.53. The van der Waals surface area contributed by atoms with E-state index in [-0.39, 0.29) is 11.7 Å². The Balaban J connectivity index is 1.80. The lowest BCUT2D eigenvalue weighted by Gasteiger charge is -2.23. The van der Waals surface area contributed by atoms with Crippen molar-refractivity contribution in [2.24, 2.45) is 0 Å². The van der Waals surface area contributed by atoms with Crippen LogP contribution in [0.4, 0.5) is 5.88 Å². The van der Waals surface area contributed by atoms with Gasteiger partial charge in [0.1, 0.15) is 6.07 Å². The van der Waals surface area contributed by atoms with E-state index in [4.69, 9.17) is 4.42 Å². The molecule has 3 rings (SSSR count). The number of likely N-dealkylation sites (N-methyl/N-ethyl adjacent to an activating group) is 1. The lowest BCUT2D eigenvalue weighted by Crippen LogP contribution is -2.26. The van der Waals surface area contributed by atoms with E-state index in [9.17, 15) is 5.26 Å². The van der Waals surface area contributed by atoms with Crippen molar-refractivity contribution in [3.63, 3.8) is 0 Å². The highest BCUT2D eigenvalue weighted by molar-refractivity contribution is 7.10. The molecule has 24 heavy (non-hydrogen) atoms. The predicted molar refractivity (Wildman–Crippen MR) is 95.9 cm³/mol. The van der Waals surface area contributed by atoms with Crippen molar-refractivity contribution in [1.82, 2.24) is 9.88 Å². The van der Waals surface area contributed by atoms with Gasteiger partial charge in [-0.2, -0.15) is 10.2 Å². The molecule has 0 radical (unpaired) electrons. The fraction of sp³-hybridized carbons (Fsp3) is 0.222. The monoisotopic (exact) mass is 338 g/mol. The summed E-state index contributed by atoms with van der Waals surface area (Å²) in [5.74, 6) is 0.868. The molecule has 1 N–H and O–H groups in total. The van der Waals surface area contributed by atoms with Crippen LogP contribution in [0.15, 0.2) is 52.3 Å². The quantitative estimate of drug-likeness (QED) is 0.736. The summed E-state index contributed by atoms with van der Waals surface area (Å²) >= 11 is 1.71. The summed E-state index contributed by atoms with van der Waals surface area (Å²) < 4.78 is 5.78. The zero-order valence-electron chi connectivity index (χ0n) is 13.6. The van der Waals surface area contributed by atoms with Crippen LogP contribution < -0.4 is 5.32 Å². The van der Waals surface area contributed by atoms with Gasteiger partial charge in [0.15, 0.2) is 0 Å². The van der Waals surface area contributed by atoms with E-state index in [1.54, 1.807) is 11.3 Å². The van der Waals surface area contributed by atoms with E-state index in [1.165, 1.54) is 4.88 Å². The topological polar surface area (TPSA) is 65.1 Å². The van der Waals surface area contributed by atoms with Gasteiger partial charge in [-0.3, -0.25) is 0 Å². The molecule has 0 saturated carbocycles. The average Bonchev–Trinajstić information content (AvgIpc) is 3.25. The molecule has 0 aliphatic heterocycles. The smallest absolute Gasteiger partial charge is 0.232 e. The van der Waals surface area contributed by atoms with Crippen LogP contribution in [-0.2, 0) is 0 Å². The van der Waals surface area contributed by atoms with Crippen LogP contribution >= 0.6 is 11.3 Å². The van der Waals surface area contributed by atoms with E-state index in [0.717, 1.165) is 5.56 Å². The van der Waals surface area contributed by atoms with Crippen LogP contribution in [-0.4, -0.2) is 30.5 Å². The molecule has 0 spiro atoms. The molecule has 0 amide bonds. The summed E-state index contributed by atoms with van der Waals surface area (Å²) in [6, 6.07) is 16.0. The SMILES string of the molecule is CN(C)C(CNc1oc(-c2ccccc2)nc1C#N)c1cccs1. The Bertz CT molecular complexity index is 819. The average molecular weight is 338 g/mol. The highest BCUT2D eigenvalue weighted by Gasteiger charge is 2.19. The third-order valence-electron chi connectivity index (χ3n) is 3.70. The lowest BCUT2D eigenvalue weighted by molar-refractivity contribution is 0.315. The summed E-state index contributed by atoms with van der Waals surface area (Å²) in [5.41, 5.74) is 1.13. The van der Waals surface area contributed by atoms with Crippen LogP contribution in [0.25, 0.3) is 11.5 Å². The number of hydrogen-bond acceptors (Lipinski definition) is 6. The lowest BCUT2D eigenvalue weighted by atomic mass is 10.2. The Morgan fingerprint density at radius 2 is 2.04 bits per heavy atom. The largest absolute Gasteiger partial charge is 0.419 e. The Labute approximate surface area is 145 Å². The first-order chi connectivity index (χ1) is 11.7. The fourth-order valence-corrected chi connectivity index (χ4v) is 3.35. The minimum atomic E-state index is 0.196. The summed E-state index contributed by atoms with van der Waals surface area (Å²) in [7, 11) is 4.07. The third kappa shape index (κ3) is 3.48. The zero-order chi connectivity index (χ0) is 16.9. The molecule has 3 aromatic rings. The van der Waals surface area contributed by atoms with E-state index in [2.05, 4.69) is 32.7 Å². The van der Waals surface area contributed by atoms with Gasteiger partial charge in [-0.1, -0.05) is 24.3 Å². The number of benzene rings is 1. The molecular weight excluding hydrogens is 320 g/mol. The minimum Gasteiger partial charge on any atom is -0.419 e. The van der Waals surface area contributed by atoms with Gasteiger partial charge >= 0.3 is 0 Å². The number of aromatic nitrogens is 1. The van der Waals surface area contributed by atoms with Crippen LogP contribution in [0.5, 0.6) is 0 Å². The van der Waals surface area contributed by atoms with Crippen LogP contribution in [0, 0.1) is 11.3 Å². The van der Waals surface area contributed by atoms with E-state index < -0.39 is 0 Å².